The highest BCUT2D eigenvalue weighted by Crippen LogP contribution is 2.20. The molecule has 0 aliphatic carbocycles. The number of rotatable bonds is 7. The summed E-state index contributed by atoms with van der Waals surface area (Å²) in [6.45, 7) is 2.29. The number of halogens is 1. The van der Waals surface area contributed by atoms with Crippen LogP contribution in [0.15, 0.2) is 59.8 Å². The molecule has 3 rings (SSSR count). The SMILES string of the molecule is CC(Sc1n[nH]c(/C=C/c2ccccc2)n1)C(=O)NCc1ccc(Cl)cc1. The molecule has 3 aromatic rings. The van der Waals surface area contributed by atoms with Crippen LogP contribution in [0.2, 0.25) is 5.02 Å². The standard InChI is InChI=1S/C20H19ClN4OS/c1-14(19(26)22-13-16-7-10-17(21)11-8-16)27-20-23-18(24-25-20)12-9-15-5-3-2-4-6-15/h2-12,14H,13H2,1H3,(H,22,26)(H,23,24,25)/b12-9+. The molecule has 27 heavy (non-hydrogen) atoms. The minimum atomic E-state index is -0.306. The number of hydrogen-bond donors (Lipinski definition) is 2. The van der Waals surface area contributed by atoms with Gasteiger partial charge in [-0.1, -0.05) is 71.9 Å². The van der Waals surface area contributed by atoms with Gasteiger partial charge in [0.1, 0.15) is 5.82 Å². The Balaban J connectivity index is 1.50. The van der Waals surface area contributed by atoms with E-state index in [2.05, 4.69) is 20.5 Å². The Morgan fingerprint density at radius 1 is 1.19 bits per heavy atom. The van der Waals surface area contributed by atoms with Gasteiger partial charge in [-0.2, -0.15) is 0 Å². The average molecular weight is 399 g/mol. The zero-order valence-electron chi connectivity index (χ0n) is 14.7. The van der Waals surface area contributed by atoms with Crippen LogP contribution < -0.4 is 5.32 Å². The van der Waals surface area contributed by atoms with Gasteiger partial charge in [0.05, 0.1) is 5.25 Å². The van der Waals surface area contributed by atoms with Gasteiger partial charge >= 0.3 is 0 Å². The summed E-state index contributed by atoms with van der Waals surface area (Å²) >= 11 is 7.17. The van der Waals surface area contributed by atoms with E-state index in [1.807, 2.05) is 61.5 Å². The Morgan fingerprint density at radius 2 is 1.93 bits per heavy atom. The summed E-state index contributed by atoms with van der Waals surface area (Å²) in [6, 6.07) is 17.3. The fourth-order valence-corrected chi connectivity index (χ4v) is 3.15. The van der Waals surface area contributed by atoms with Crippen molar-refractivity contribution in [3.63, 3.8) is 0 Å². The maximum Gasteiger partial charge on any atom is 0.233 e. The number of hydrogen-bond acceptors (Lipinski definition) is 4. The van der Waals surface area contributed by atoms with E-state index in [0.29, 0.717) is 22.5 Å². The van der Waals surface area contributed by atoms with E-state index in [1.54, 1.807) is 12.1 Å². The number of aromatic nitrogens is 3. The Bertz CT molecular complexity index is 909. The normalized spacial score (nSPS) is 12.2. The van der Waals surface area contributed by atoms with Crippen molar-refractivity contribution >= 4 is 41.4 Å². The first kappa shape index (κ1) is 19.2. The summed E-state index contributed by atoms with van der Waals surface area (Å²) < 4.78 is 0. The Kier molecular flexibility index (Phi) is 6.68. The van der Waals surface area contributed by atoms with E-state index in [-0.39, 0.29) is 11.2 Å². The number of thioether (sulfide) groups is 1. The zero-order chi connectivity index (χ0) is 19.1. The van der Waals surface area contributed by atoms with Crippen molar-refractivity contribution in [1.82, 2.24) is 20.5 Å². The third-order valence-corrected chi connectivity index (χ3v) is 4.96. The molecule has 5 nitrogen and oxygen atoms in total. The van der Waals surface area contributed by atoms with Crippen molar-refractivity contribution in [3.05, 3.63) is 76.6 Å². The minimum absolute atomic E-state index is 0.0684. The number of nitrogens with zero attached hydrogens (tertiary/aromatic N) is 2. The number of carbonyl (C=O) groups is 1. The molecule has 7 heteroatoms. The third-order valence-electron chi connectivity index (χ3n) is 3.75. The fourth-order valence-electron chi connectivity index (χ4n) is 2.27. The maximum atomic E-state index is 12.3. The second kappa shape index (κ2) is 9.39. The van der Waals surface area contributed by atoms with Crippen molar-refractivity contribution in [1.29, 1.82) is 0 Å². The van der Waals surface area contributed by atoms with Crippen molar-refractivity contribution in [2.24, 2.45) is 0 Å². The molecule has 0 aliphatic rings. The van der Waals surface area contributed by atoms with Crippen LogP contribution in [0, 0.1) is 0 Å². The number of H-pyrrole nitrogens is 1. The molecule has 138 valence electrons. The second-order valence-electron chi connectivity index (χ2n) is 5.85. The van der Waals surface area contributed by atoms with Crippen molar-refractivity contribution < 1.29 is 4.79 Å². The molecule has 2 N–H and O–H groups in total. The predicted octanol–water partition coefficient (Wildman–Crippen LogP) is 4.43. The molecular weight excluding hydrogens is 380 g/mol. The summed E-state index contributed by atoms with van der Waals surface area (Å²) in [5.41, 5.74) is 2.08. The average Bonchev–Trinajstić information content (AvgIpc) is 3.14. The quantitative estimate of drug-likeness (QED) is 0.578. The molecule has 1 heterocycles. The summed E-state index contributed by atoms with van der Waals surface area (Å²) in [4.78, 5) is 16.7. The highest BCUT2D eigenvalue weighted by Gasteiger charge is 2.16. The van der Waals surface area contributed by atoms with Crippen LogP contribution in [0.1, 0.15) is 23.9 Å². The van der Waals surface area contributed by atoms with Crippen molar-refractivity contribution in [2.75, 3.05) is 0 Å². The first-order valence-electron chi connectivity index (χ1n) is 8.44. The smallest absolute Gasteiger partial charge is 0.233 e. The van der Waals surface area contributed by atoms with Crippen LogP contribution in [0.3, 0.4) is 0 Å². The Labute approximate surface area is 167 Å². The van der Waals surface area contributed by atoms with E-state index in [0.717, 1.165) is 11.1 Å². The van der Waals surface area contributed by atoms with Gasteiger partial charge in [-0.25, -0.2) is 4.98 Å². The van der Waals surface area contributed by atoms with Crippen LogP contribution in [0.5, 0.6) is 0 Å². The fraction of sp³-hybridized carbons (Fsp3) is 0.150. The lowest BCUT2D eigenvalue weighted by molar-refractivity contribution is -0.120. The van der Waals surface area contributed by atoms with Crippen LogP contribution in [0.4, 0.5) is 0 Å². The van der Waals surface area contributed by atoms with Crippen LogP contribution in [0.25, 0.3) is 12.2 Å². The van der Waals surface area contributed by atoms with E-state index in [4.69, 9.17) is 11.6 Å². The third kappa shape index (κ3) is 5.98. The van der Waals surface area contributed by atoms with E-state index in [1.165, 1.54) is 11.8 Å². The lowest BCUT2D eigenvalue weighted by atomic mass is 10.2. The molecule has 2 aromatic carbocycles. The molecule has 1 amide bonds. The Hall–Kier alpha value is -2.57. The van der Waals surface area contributed by atoms with Gasteiger partial charge in [0, 0.05) is 11.6 Å². The molecule has 0 saturated carbocycles. The van der Waals surface area contributed by atoms with E-state index >= 15 is 0 Å². The van der Waals surface area contributed by atoms with Gasteiger partial charge in [0.2, 0.25) is 11.1 Å². The van der Waals surface area contributed by atoms with Crippen LogP contribution in [-0.2, 0) is 11.3 Å². The highest BCUT2D eigenvalue weighted by atomic mass is 35.5. The minimum Gasteiger partial charge on any atom is -0.351 e. The topological polar surface area (TPSA) is 70.7 Å². The molecule has 0 radical (unpaired) electrons. The number of carbonyl (C=O) groups excluding carboxylic acids is 1. The van der Waals surface area contributed by atoms with Gasteiger partial charge in [0.25, 0.3) is 0 Å². The van der Waals surface area contributed by atoms with E-state index < -0.39 is 0 Å². The molecule has 1 unspecified atom stereocenters. The lowest BCUT2D eigenvalue weighted by Crippen LogP contribution is -2.30. The maximum absolute atomic E-state index is 12.3. The monoisotopic (exact) mass is 398 g/mol. The second-order valence-corrected chi connectivity index (χ2v) is 7.60. The number of aromatic amines is 1. The van der Waals surface area contributed by atoms with E-state index in [9.17, 15) is 4.79 Å². The van der Waals surface area contributed by atoms with Crippen LogP contribution >= 0.6 is 23.4 Å². The molecule has 0 spiro atoms. The van der Waals surface area contributed by atoms with Crippen molar-refractivity contribution in [3.8, 4) is 0 Å². The molecule has 0 bridgehead atoms. The predicted molar refractivity (Wildman–Crippen MR) is 110 cm³/mol. The van der Waals surface area contributed by atoms with Gasteiger partial charge in [0.15, 0.2) is 0 Å². The summed E-state index contributed by atoms with van der Waals surface area (Å²) in [7, 11) is 0. The number of amides is 1. The molecule has 1 aromatic heterocycles. The lowest BCUT2D eigenvalue weighted by Gasteiger charge is -2.10. The van der Waals surface area contributed by atoms with Gasteiger partial charge < -0.3 is 5.32 Å². The largest absolute Gasteiger partial charge is 0.351 e. The molecule has 1 atom stereocenters. The zero-order valence-corrected chi connectivity index (χ0v) is 16.3. The van der Waals surface area contributed by atoms with Gasteiger partial charge in [-0.05, 0) is 36.3 Å². The first-order chi connectivity index (χ1) is 13.1. The molecule has 0 aliphatic heterocycles. The number of benzene rings is 2. The van der Waals surface area contributed by atoms with Crippen LogP contribution in [-0.4, -0.2) is 26.3 Å². The highest BCUT2D eigenvalue weighted by molar-refractivity contribution is 8.00. The first-order valence-corrected chi connectivity index (χ1v) is 9.70. The Morgan fingerprint density at radius 3 is 2.67 bits per heavy atom. The summed E-state index contributed by atoms with van der Waals surface area (Å²) in [5.74, 6) is 0.580. The van der Waals surface area contributed by atoms with Gasteiger partial charge in [-0.15, -0.1) is 5.10 Å². The van der Waals surface area contributed by atoms with Gasteiger partial charge in [-0.3, -0.25) is 9.89 Å². The molecule has 0 saturated heterocycles. The molecular formula is C20H19ClN4OS. The number of nitrogens with one attached hydrogen (secondary N) is 2. The summed E-state index contributed by atoms with van der Waals surface area (Å²) in [6.07, 6.45) is 3.81. The molecule has 0 fully saturated rings. The van der Waals surface area contributed by atoms with Crippen molar-refractivity contribution in [2.45, 2.75) is 23.9 Å². The summed E-state index contributed by atoms with van der Waals surface area (Å²) in [5, 5.41) is 10.8.